The van der Waals surface area contributed by atoms with Crippen LogP contribution in [-0.2, 0) is 6.42 Å². The van der Waals surface area contributed by atoms with Gasteiger partial charge in [0.15, 0.2) is 0 Å². The van der Waals surface area contributed by atoms with E-state index in [0.29, 0.717) is 6.04 Å². The molecular formula is C16H23NO. The van der Waals surface area contributed by atoms with Crippen molar-refractivity contribution in [2.75, 3.05) is 13.1 Å². The Morgan fingerprint density at radius 1 is 1.22 bits per heavy atom. The third kappa shape index (κ3) is 2.19. The first kappa shape index (κ1) is 12.2. The van der Waals surface area contributed by atoms with Gasteiger partial charge in [-0.15, -0.1) is 0 Å². The number of hydrogen-bond donors (Lipinski definition) is 1. The summed E-state index contributed by atoms with van der Waals surface area (Å²) in [6.07, 6.45) is 4.55. The third-order valence-corrected chi connectivity index (χ3v) is 4.61. The van der Waals surface area contributed by atoms with E-state index in [1.165, 1.54) is 18.4 Å². The van der Waals surface area contributed by atoms with Gasteiger partial charge in [-0.1, -0.05) is 31.2 Å². The van der Waals surface area contributed by atoms with E-state index in [1.807, 2.05) is 6.07 Å². The highest BCUT2D eigenvalue weighted by atomic mass is 16.3. The molecule has 0 bridgehead atoms. The molecule has 1 N–H and O–H groups in total. The summed E-state index contributed by atoms with van der Waals surface area (Å²) >= 11 is 0. The number of hydrogen-bond acceptors (Lipinski definition) is 2. The van der Waals surface area contributed by atoms with Crippen molar-refractivity contribution in [3.8, 4) is 0 Å². The number of piperidine rings is 1. The second kappa shape index (κ2) is 5.02. The van der Waals surface area contributed by atoms with Crippen LogP contribution in [0.4, 0.5) is 0 Å². The Bertz CT molecular complexity index is 417. The summed E-state index contributed by atoms with van der Waals surface area (Å²) in [7, 11) is 0. The molecule has 0 amide bonds. The Balaban J connectivity index is 1.79. The van der Waals surface area contributed by atoms with E-state index in [9.17, 15) is 5.11 Å². The Kier molecular flexibility index (Phi) is 3.40. The predicted octanol–water partition coefficient (Wildman–Crippen LogP) is 2.77. The van der Waals surface area contributed by atoms with Gasteiger partial charge < -0.3 is 5.11 Å². The molecule has 1 aliphatic heterocycles. The van der Waals surface area contributed by atoms with Crippen molar-refractivity contribution in [3.63, 3.8) is 0 Å². The van der Waals surface area contributed by atoms with E-state index < -0.39 is 0 Å². The Morgan fingerprint density at radius 3 is 2.89 bits per heavy atom. The minimum atomic E-state index is -0.291. The van der Waals surface area contributed by atoms with Crippen molar-refractivity contribution in [1.29, 1.82) is 0 Å². The molecule has 1 aromatic rings. The van der Waals surface area contributed by atoms with Crippen molar-refractivity contribution in [2.45, 2.75) is 44.8 Å². The minimum absolute atomic E-state index is 0.291. The Hall–Kier alpha value is -0.860. The summed E-state index contributed by atoms with van der Waals surface area (Å²) in [6.45, 7) is 4.65. The predicted molar refractivity (Wildman–Crippen MR) is 73.5 cm³/mol. The molecule has 2 heteroatoms. The van der Waals surface area contributed by atoms with Crippen LogP contribution in [0.2, 0.25) is 0 Å². The van der Waals surface area contributed by atoms with Crippen molar-refractivity contribution in [1.82, 2.24) is 4.90 Å². The number of likely N-dealkylation sites (tertiary alicyclic amines) is 1. The molecular weight excluding hydrogens is 222 g/mol. The molecule has 2 aliphatic rings. The van der Waals surface area contributed by atoms with Crippen LogP contribution < -0.4 is 0 Å². The van der Waals surface area contributed by atoms with Gasteiger partial charge in [-0.2, -0.15) is 0 Å². The van der Waals surface area contributed by atoms with Crippen molar-refractivity contribution in [3.05, 3.63) is 35.4 Å². The van der Waals surface area contributed by atoms with Crippen LogP contribution in [0.25, 0.3) is 0 Å². The molecule has 18 heavy (non-hydrogen) atoms. The van der Waals surface area contributed by atoms with Gasteiger partial charge in [0.25, 0.3) is 0 Å². The Labute approximate surface area is 110 Å². The van der Waals surface area contributed by atoms with Crippen LogP contribution in [-0.4, -0.2) is 29.1 Å². The van der Waals surface area contributed by atoms with Gasteiger partial charge in [-0.3, -0.25) is 4.90 Å². The van der Waals surface area contributed by atoms with Crippen LogP contribution in [0, 0.1) is 5.92 Å². The highest BCUT2D eigenvalue weighted by Crippen LogP contribution is 2.34. The minimum Gasteiger partial charge on any atom is -0.387 e. The lowest BCUT2D eigenvalue weighted by Gasteiger charge is -2.42. The monoisotopic (exact) mass is 245 g/mol. The lowest BCUT2D eigenvalue weighted by Crippen LogP contribution is -2.46. The standard InChI is InChI=1S/C16H23NO/c1-12-5-4-10-17(11-12)15-9-8-13-6-2-3-7-14(13)16(15)18/h2-3,6-7,12,15-16,18H,4-5,8-11H2,1H3. The average Bonchev–Trinajstić information content (AvgIpc) is 2.39. The van der Waals surface area contributed by atoms with Gasteiger partial charge in [0, 0.05) is 12.6 Å². The third-order valence-electron chi connectivity index (χ3n) is 4.61. The van der Waals surface area contributed by atoms with E-state index in [0.717, 1.165) is 37.4 Å². The van der Waals surface area contributed by atoms with Gasteiger partial charge in [0.1, 0.15) is 0 Å². The smallest absolute Gasteiger partial charge is 0.0947 e. The molecule has 1 aliphatic carbocycles. The number of fused-ring (bicyclic) bond motifs is 1. The van der Waals surface area contributed by atoms with Gasteiger partial charge in [0.05, 0.1) is 6.10 Å². The molecule has 1 heterocycles. The molecule has 3 rings (SSSR count). The summed E-state index contributed by atoms with van der Waals surface area (Å²) in [5.41, 5.74) is 2.50. The Morgan fingerprint density at radius 2 is 2.06 bits per heavy atom. The molecule has 0 aromatic heterocycles. The quantitative estimate of drug-likeness (QED) is 0.822. The topological polar surface area (TPSA) is 23.5 Å². The van der Waals surface area contributed by atoms with Crippen LogP contribution in [0.3, 0.4) is 0 Å². The maximum Gasteiger partial charge on any atom is 0.0947 e. The number of aliphatic hydroxyl groups excluding tert-OH is 1. The number of aliphatic hydroxyl groups is 1. The molecule has 2 nitrogen and oxygen atoms in total. The molecule has 3 atom stereocenters. The highest BCUT2D eigenvalue weighted by Gasteiger charge is 2.33. The van der Waals surface area contributed by atoms with E-state index in [-0.39, 0.29) is 6.10 Å². The van der Waals surface area contributed by atoms with Gasteiger partial charge in [-0.25, -0.2) is 0 Å². The van der Waals surface area contributed by atoms with Gasteiger partial charge >= 0.3 is 0 Å². The van der Waals surface area contributed by atoms with Gasteiger partial charge in [-0.05, 0) is 49.3 Å². The zero-order chi connectivity index (χ0) is 12.5. The molecule has 98 valence electrons. The molecule has 0 spiro atoms. The molecule has 0 radical (unpaired) electrons. The molecule has 1 aromatic carbocycles. The van der Waals surface area contributed by atoms with Crippen molar-refractivity contribution in [2.24, 2.45) is 5.92 Å². The number of rotatable bonds is 1. The fraction of sp³-hybridized carbons (Fsp3) is 0.625. The van der Waals surface area contributed by atoms with Crippen LogP contribution in [0.5, 0.6) is 0 Å². The maximum absolute atomic E-state index is 10.6. The average molecular weight is 245 g/mol. The summed E-state index contributed by atoms with van der Waals surface area (Å²) < 4.78 is 0. The van der Waals surface area contributed by atoms with Crippen LogP contribution >= 0.6 is 0 Å². The molecule has 1 fully saturated rings. The number of benzene rings is 1. The summed E-state index contributed by atoms with van der Waals surface area (Å²) in [5, 5.41) is 10.6. The molecule has 0 saturated carbocycles. The zero-order valence-corrected chi connectivity index (χ0v) is 11.2. The normalized spacial score (nSPS) is 33.1. The fourth-order valence-corrected chi connectivity index (χ4v) is 3.63. The lowest BCUT2D eigenvalue weighted by atomic mass is 9.84. The van der Waals surface area contributed by atoms with E-state index in [1.54, 1.807) is 0 Å². The highest BCUT2D eigenvalue weighted by molar-refractivity contribution is 5.32. The zero-order valence-electron chi connectivity index (χ0n) is 11.2. The lowest BCUT2D eigenvalue weighted by molar-refractivity contribution is 0.0155. The van der Waals surface area contributed by atoms with Crippen LogP contribution in [0.1, 0.15) is 43.4 Å². The summed E-state index contributed by atoms with van der Waals surface area (Å²) in [6, 6.07) is 8.72. The SMILES string of the molecule is CC1CCCN(C2CCc3ccccc3C2O)C1. The number of nitrogens with zero attached hydrogens (tertiary/aromatic N) is 1. The second-order valence-electron chi connectivity index (χ2n) is 5.99. The fourth-order valence-electron chi connectivity index (χ4n) is 3.63. The number of aryl methyl sites for hydroxylation is 1. The van der Waals surface area contributed by atoms with Crippen molar-refractivity contribution >= 4 is 0 Å². The van der Waals surface area contributed by atoms with Crippen molar-refractivity contribution < 1.29 is 5.11 Å². The molecule has 3 unspecified atom stereocenters. The van der Waals surface area contributed by atoms with Crippen LogP contribution in [0.15, 0.2) is 24.3 Å². The first-order chi connectivity index (χ1) is 8.75. The van der Waals surface area contributed by atoms with E-state index in [4.69, 9.17) is 0 Å². The van der Waals surface area contributed by atoms with E-state index >= 15 is 0 Å². The summed E-state index contributed by atoms with van der Waals surface area (Å²) in [4.78, 5) is 2.52. The summed E-state index contributed by atoms with van der Waals surface area (Å²) in [5.74, 6) is 0.781. The maximum atomic E-state index is 10.6. The first-order valence-electron chi connectivity index (χ1n) is 7.25. The van der Waals surface area contributed by atoms with Gasteiger partial charge in [0.2, 0.25) is 0 Å². The second-order valence-corrected chi connectivity index (χ2v) is 5.99. The largest absolute Gasteiger partial charge is 0.387 e. The first-order valence-corrected chi connectivity index (χ1v) is 7.25. The molecule has 1 saturated heterocycles. The van der Waals surface area contributed by atoms with E-state index in [2.05, 4.69) is 30.0 Å².